The van der Waals surface area contributed by atoms with Crippen LogP contribution in [0.1, 0.15) is 37.8 Å². The van der Waals surface area contributed by atoms with Gasteiger partial charge in [-0.15, -0.1) is 0 Å². The van der Waals surface area contributed by atoms with Gasteiger partial charge in [-0.3, -0.25) is 0 Å². The number of rotatable bonds is 3. The Morgan fingerprint density at radius 2 is 2.18 bits per heavy atom. The SMILES string of the molecule is N/C(=N/O)c1ccnc(SC2CCCCC2)n1. The van der Waals surface area contributed by atoms with E-state index in [1.54, 1.807) is 24.0 Å². The van der Waals surface area contributed by atoms with Gasteiger partial charge in [-0.2, -0.15) is 0 Å². The quantitative estimate of drug-likeness (QED) is 0.282. The molecule has 0 spiro atoms. The predicted molar refractivity (Wildman–Crippen MR) is 67.3 cm³/mol. The summed E-state index contributed by atoms with van der Waals surface area (Å²) < 4.78 is 0. The molecule has 0 aromatic carbocycles. The normalized spacial score (nSPS) is 18.2. The molecule has 2 rings (SSSR count). The second-order valence-electron chi connectivity index (χ2n) is 4.09. The summed E-state index contributed by atoms with van der Waals surface area (Å²) in [5.74, 6) is 0.0258. The zero-order valence-corrected chi connectivity index (χ0v) is 10.4. The second kappa shape index (κ2) is 5.86. The highest BCUT2D eigenvalue weighted by Gasteiger charge is 2.16. The summed E-state index contributed by atoms with van der Waals surface area (Å²) in [6.07, 6.45) is 8.01. The lowest BCUT2D eigenvalue weighted by Gasteiger charge is -2.19. The van der Waals surface area contributed by atoms with E-state index in [0.29, 0.717) is 16.1 Å². The zero-order chi connectivity index (χ0) is 12.1. The fourth-order valence-electron chi connectivity index (χ4n) is 1.92. The molecule has 1 aliphatic rings. The molecular weight excluding hydrogens is 236 g/mol. The summed E-state index contributed by atoms with van der Waals surface area (Å²) >= 11 is 1.69. The Hall–Kier alpha value is -1.30. The first-order valence-corrected chi connectivity index (χ1v) is 6.65. The van der Waals surface area contributed by atoms with Gasteiger partial charge in [0.2, 0.25) is 0 Å². The molecule has 0 aliphatic heterocycles. The Morgan fingerprint density at radius 3 is 2.88 bits per heavy atom. The summed E-state index contributed by atoms with van der Waals surface area (Å²) in [7, 11) is 0. The van der Waals surface area contributed by atoms with E-state index in [4.69, 9.17) is 10.9 Å². The molecule has 1 fully saturated rings. The number of oxime groups is 1. The van der Waals surface area contributed by atoms with Gasteiger partial charge in [0.1, 0.15) is 5.69 Å². The first-order chi connectivity index (χ1) is 8.29. The lowest BCUT2D eigenvalue weighted by atomic mass is 10.0. The van der Waals surface area contributed by atoms with Crippen LogP contribution in [-0.2, 0) is 0 Å². The number of hydrogen-bond donors (Lipinski definition) is 2. The number of nitrogens with zero attached hydrogens (tertiary/aromatic N) is 3. The lowest BCUT2D eigenvalue weighted by Crippen LogP contribution is -2.16. The van der Waals surface area contributed by atoms with Crippen LogP contribution in [0.4, 0.5) is 0 Å². The predicted octanol–water partition coefficient (Wildman–Crippen LogP) is 2.00. The summed E-state index contributed by atoms with van der Waals surface area (Å²) in [5, 5.41) is 12.9. The van der Waals surface area contributed by atoms with Crippen LogP contribution < -0.4 is 5.73 Å². The van der Waals surface area contributed by atoms with Crippen molar-refractivity contribution in [1.29, 1.82) is 0 Å². The van der Waals surface area contributed by atoms with Crippen molar-refractivity contribution in [2.24, 2.45) is 10.9 Å². The van der Waals surface area contributed by atoms with Gasteiger partial charge in [0.15, 0.2) is 11.0 Å². The first kappa shape index (κ1) is 12.2. The standard InChI is InChI=1S/C11H16N4OS/c12-10(15-16)9-6-7-13-11(14-9)17-8-4-2-1-3-5-8/h6-8,16H,1-5H2,(H2,12,15). The van der Waals surface area contributed by atoms with Gasteiger partial charge in [0, 0.05) is 11.4 Å². The van der Waals surface area contributed by atoms with Gasteiger partial charge in [-0.1, -0.05) is 36.2 Å². The molecular formula is C11H16N4OS. The van der Waals surface area contributed by atoms with Crippen molar-refractivity contribution >= 4 is 17.6 Å². The van der Waals surface area contributed by atoms with Crippen LogP contribution in [0.25, 0.3) is 0 Å². The van der Waals surface area contributed by atoms with Gasteiger partial charge < -0.3 is 10.9 Å². The maximum atomic E-state index is 8.60. The van der Waals surface area contributed by atoms with Gasteiger partial charge in [0.05, 0.1) is 0 Å². The average Bonchev–Trinajstić information content (AvgIpc) is 2.39. The van der Waals surface area contributed by atoms with Crippen molar-refractivity contribution < 1.29 is 5.21 Å². The molecule has 1 saturated carbocycles. The number of thioether (sulfide) groups is 1. The number of aromatic nitrogens is 2. The van der Waals surface area contributed by atoms with Crippen molar-refractivity contribution in [2.75, 3.05) is 0 Å². The molecule has 92 valence electrons. The van der Waals surface area contributed by atoms with E-state index in [9.17, 15) is 0 Å². The lowest BCUT2D eigenvalue weighted by molar-refractivity contribution is 0.318. The first-order valence-electron chi connectivity index (χ1n) is 5.77. The van der Waals surface area contributed by atoms with Gasteiger partial charge in [-0.25, -0.2) is 9.97 Å². The summed E-state index contributed by atoms with van der Waals surface area (Å²) in [6.45, 7) is 0. The molecule has 1 aromatic rings. The Balaban J connectivity index is 2.05. The molecule has 1 heterocycles. The van der Waals surface area contributed by atoms with Gasteiger partial charge in [0.25, 0.3) is 0 Å². The van der Waals surface area contributed by atoms with Crippen molar-refractivity contribution in [2.45, 2.75) is 42.5 Å². The molecule has 1 aliphatic carbocycles. The summed E-state index contributed by atoms with van der Waals surface area (Å²) in [4.78, 5) is 8.48. The van der Waals surface area contributed by atoms with E-state index in [1.165, 1.54) is 32.1 Å². The number of nitrogens with two attached hydrogens (primary N) is 1. The fourth-order valence-corrected chi connectivity index (χ4v) is 3.06. The highest BCUT2D eigenvalue weighted by Crippen LogP contribution is 2.31. The second-order valence-corrected chi connectivity index (χ2v) is 5.36. The minimum Gasteiger partial charge on any atom is -0.409 e. The average molecular weight is 252 g/mol. The minimum absolute atomic E-state index is 0.0258. The van der Waals surface area contributed by atoms with E-state index in [-0.39, 0.29) is 5.84 Å². The molecule has 0 atom stereocenters. The van der Waals surface area contributed by atoms with E-state index in [2.05, 4.69) is 15.1 Å². The zero-order valence-electron chi connectivity index (χ0n) is 9.54. The smallest absolute Gasteiger partial charge is 0.188 e. The fraction of sp³-hybridized carbons (Fsp3) is 0.545. The Kier molecular flexibility index (Phi) is 4.19. The monoisotopic (exact) mass is 252 g/mol. The van der Waals surface area contributed by atoms with Crippen LogP contribution in [0.5, 0.6) is 0 Å². The van der Waals surface area contributed by atoms with Crippen molar-refractivity contribution in [3.8, 4) is 0 Å². The topological polar surface area (TPSA) is 84.4 Å². The van der Waals surface area contributed by atoms with Gasteiger partial charge in [-0.05, 0) is 18.9 Å². The van der Waals surface area contributed by atoms with E-state index in [1.807, 2.05) is 0 Å². The highest BCUT2D eigenvalue weighted by molar-refractivity contribution is 7.99. The minimum atomic E-state index is 0.0258. The Morgan fingerprint density at radius 1 is 1.41 bits per heavy atom. The molecule has 0 saturated heterocycles. The maximum Gasteiger partial charge on any atom is 0.188 e. The third-order valence-electron chi connectivity index (χ3n) is 2.83. The van der Waals surface area contributed by atoms with Crippen molar-refractivity contribution in [3.63, 3.8) is 0 Å². The molecule has 1 aromatic heterocycles. The van der Waals surface area contributed by atoms with Crippen LogP contribution in [0.15, 0.2) is 22.6 Å². The third-order valence-corrected chi connectivity index (χ3v) is 4.04. The van der Waals surface area contributed by atoms with Crippen LogP contribution >= 0.6 is 11.8 Å². The number of hydrogen-bond acceptors (Lipinski definition) is 5. The van der Waals surface area contributed by atoms with E-state index >= 15 is 0 Å². The molecule has 5 nitrogen and oxygen atoms in total. The molecule has 3 N–H and O–H groups in total. The largest absolute Gasteiger partial charge is 0.409 e. The highest BCUT2D eigenvalue weighted by atomic mass is 32.2. The van der Waals surface area contributed by atoms with Crippen molar-refractivity contribution in [1.82, 2.24) is 9.97 Å². The molecule has 6 heteroatoms. The van der Waals surface area contributed by atoms with Crippen LogP contribution in [0.3, 0.4) is 0 Å². The molecule has 0 bridgehead atoms. The van der Waals surface area contributed by atoms with Crippen LogP contribution in [-0.4, -0.2) is 26.3 Å². The molecule has 0 radical (unpaired) electrons. The third kappa shape index (κ3) is 3.33. The molecule has 0 unspecified atom stereocenters. The van der Waals surface area contributed by atoms with Gasteiger partial charge >= 0.3 is 0 Å². The number of amidine groups is 1. The summed E-state index contributed by atoms with van der Waals surface area (Å²) in [5.41, 5.74) is 5.97. The van der Waals surface area contributed by atoms with E-state index in [0.717, 1.165) is 0 Å². The van der Waals surface area contributed by atoms with E-state index < -0.39 is 0 Å². The Bertz CT molecular complexity index is 404. The van der Waals surface area contributed by atoms with Crippen LogP contribution in [0.2, 0.25) is 0 Å². The summed E-state index contributed by atoms with van der Waals surface area (Å²) in [6, 6.07) is 1.64. The molecule has 17 heavy (non-hydrogen) atoms. The van der Waals surface area contributed by atoms with Crippen LogP contribution in [0, 0.1) is 0 Å². The van der Waals surface area contributed by atoms with Crippen molar-refractivity contribution in [3.05, 3.63) is 18.0 Å². The molecule has 0 amide bonds. The maximum absolute atomic E-state index is 8.60. The Labute approximate surface area is 105 Å².